The number of piperazine rings is 1. The number of aryl methyl sites for hydroxylation is 1. The standard InChI is InChI=1S/C32H31N7OS2/c1-24-9-5-6-14-28(24)39-30(26-13-7-15-33-21-26)35-36-32(39)42-23-29-34-27(22-41-29)31(40)38-19-17-37(18-20-38)16-8-12-25-10-3-2-4-11-25/h2-15,21-22H,16-20,23H2,1H3/b12-8+. The lowest BCUT2D eigenvalue weighted by atomic mass is 10.2. The lowest BCUT2D eigenvalue weighted by Gasteiger charge is -2.33. The molecule has 5 aromatic rings. The maximum atomic E-state index is 13.2. The Bertz CT molecular complexity index is 1660. The highest BCUT2D eigenvalue weighted by molar-refractivity contribution is 7.98. The second kappa shape index (κ2) is 13.2. The predicted molar refractivity (Wildman–Crippen MR) is 169 cm³/mol. The number of carbonyl (C=O) groups excluding carboxylic acids is 1. The van der Waals surface area contributed by atoms with Gasteiger partial charge in [-0.05, 0) is 36.2 Å². The summed E-state index contributed by atoms with van der Waals surface area (Å²) in [6, 6.07) is 22.4. The number of hydrogen-bond donors (Lipinski definition) is 0. The summed E-state index contributed by atoms with van der Waals surface area (Å²) in [4.78, 5) is 26.5. The Balaban J connectivity index is 1.08. The van der Waals surface area contributed by atoms with E-state index in [9.17, 15) is 4.79 Å². The van der Waals surface area contributed by atoms with E-state index in [4.69, 9.17) is 4.98 Å². The number of hydrogen-bond acceptors (Lipinski definition) is 8. The first-order valence-electron chi connectivity index (χ1n) is 13.9. The first-order chi connectivity index (χ1) is 20.7. The highest BCUT2D eigenvalue weighted by atomic mass is 32.2. The number of rotatable bonds is 9. The van der Waals surface area contributed by atoms with Gasteiger partial charge in [-0.3, -0.25) is 19.2 Å². The lowest BCUT2D eigenvalue weighted by molar-refractivity contribution is 0.0645. The molecule has 0 bridgehead atoms. The van der Waals surface area contributed by atoms with Crippen molar-refractivity contribution in [2.75, 3.05) is 32.7 Å². The Hall–Kier alpha value is -4.12. The third kappa shape index (κ3) is 6.51. The Morgan fingerprint density at radius 3 is 2.57 bits per heavy atom. The van der Waals surface area contributed by atoms with Gasteiger partial charge in [-0.25, -0.2) is 4.98 Å². The molecule has 1 amide bonds. The van der Waals surface area contributed by atoms with Crippen LogP contribution < -0.4 is 0 Å². The van der Waals surface area contributed by atoms with Crippen LogP contribution in [0.2, 0.25) is 0 Å². The van der Waals surface area contributed by atoms with Crippen molar-refractivity contribution in [2.24, 2.45) is 0 Å². The second-order valence-electron chi connectivity index (χ2n) is 9.99. The van der Waals surface area contributed by atoms with E-state index < -0.39 is 0 Å². The van der Waals surface area contributed by atoms with Crippen molar-refractivity contribution in [3.63, 3.8) is 0 Å². The molecule has 0 spiro atoms. The van der Waals surface area contributed by atoms with Gasteiger partial charge >= 0.3 is 0 Å². The van der Waals surface area contributed by atoms with E-state index in [1.165, 1.54) is 16.9 Å². The van der Waals surface area contributed by atoms with Crippen molar-refractivity contribution in [2.45, 2.75) is 17.8 Å². The van der Waals surface area contributed by atoms with Crippen LogP contribution in [0.25, 0.3) is 23.2 Å². The molecule has 0 saturated carbocycles. The SMILES string of the molecule is Cc1ccccc1-n1c(SCc2nc(C(=O)N3CCN(C/C=C/c4ccccc4)CC3)cs2)nnc1-c1cccnc1. The molecule has 1 saturated heterocycles. The highest BCUT2D eigenvalue weighted by Crippen LogP contribution is 2.31. The smallest absolute Gasteiger partial charge is 0.273 e. The molecule has 2 aromatic carbocycles. The number of benzene rings is 2. The van der Waals surface area contributed by atoms with Crippen molar-refractivity contribution in [3.8, 4) is 17.1 Å². The van der Waals surface area contributed by atoms with Gasteiger partial charge in [-0.15, -0.1) is 21.5 Å². The Kier molecular flexibility index (Phi) is 8.83. The van der Waals surface area contributed by atoms with Crippen LogP contribution in [0, 0.1) is 6.92 Å². The predicted octanol–water partition coefficient (Wildman–Crippen LogP) is 5.86. The van der Waals surface area contributed by atoms with Gasteiger partial charge in [0.25, 0.3) is 5.91 Å². The molecule has 10 heteroatoms. The molecule has 0 N–H and O–H groups in total. The number of thioether (sulfide) groups is 1. The van der Waals surface area contributed by atoms with Crippen LogP contribution >= 0.6 is 23.1 Å². The summed E-state index contributed by atoms with van der Waals surface area (Å²) in [6.45, 7) is 6.07. The quantitative estimate of drug-likeness (QED) is 0.198. The number of amides is 1. The van der Waals surface area contributed by atoms with Crippen molar-refractivity contribution in [3.05, 3.63) is 112 Å². The number of aromatic nitrogens is 5. The maximum absolute atomic E-state index is 13.2. The van der Waals surface area contributed by atoms with E-state index in [2.05, 4.69) is 68.0 Å². The van der Waals surface area contributed by atoms with E-state index in [0.29, 0.717) is 24.5 Å². The number of carbonyl (C=O) groups is 1. The van der Waals surface area contributed by atoms with Crippen LogP contribution in [0.15, 0.2) is 95.7 Å². The van der Waals surface area contributed by atoms with Crippen LogP contribution in [0.1, 0.15) is 26.6 Å². The zero-order valence-corrected chi connectivity index (χ0v) is 25.0. The normalized spacial score (nSPS) is 14.1. The summed E-state index contributed by atoms with van der Waals surface area (Å²) >= 11 is 3.08. The Morgan fingerprint density at radius 1 is 0.976 bits per heavy atom. The molecule has 0 atom stereocenters. The van der Waals surface area contributed by atoms with Crippen molar-refractivity contribution in [1.29, 1.82) is 0 Å². The molecule has 1 aliphatic heterocycles. The molecule has 1 fully saturated rings. The van der Waals surface area contributed by atoms with E-state index in [1.807, 2.05) is 52.7 Å². The van der Waals surface area contributed by atoms with Gasteiger partial charge < -0.3 is 4.90 Å². The number of pyridine rings is 1. The van der Waals surface area contributed by atoms with Gasteiger partial charge in [-0.1, -0.05) is 72.4 Å². The lowest BCUT2D eigenvalue weighted by Crippen LogP contribution is -2.48. The number of para-hydroxylation sites is 1. The average Bonchev–Trinajstić information content (AvgIpc) is 3.69. The molecular formula is C32H31N7OS2. The minimum atomic E-state index is 0.00363. The molecule has 3 aromatic heterocycles. The van der Waals surface area contributed by atoms with E-state index >= 15 is 0 Å². The molecule has 4 heterocycles. The minimum Gasteiger partial charge on any atom is -0.335 e. The van der Waals surface area contributed by atoms with Gasteiger partial charge in [0.15, 0.2) is 11.0 Å². The van der Waals surface area contributed by atoms with Crippen molar-refractivity contribution >= 4 is 35.1 Å². The summed E-state index contributed by atoms with van der Waals surface area (Å²) in [5.74, 6) is 1.34. The number of thiazole rings is 1. The fourth-order valence-electron chi connectivity index (χ4n) is 4.88. The fourth-order valence-corrected chi connectivity index (χ4v) is 6.61. The van der Waals surface area contributed by atoms with Gasteiger partial charge in [0.2, 0.25) is 0 Å². The van der Waals surface area contributed by atoms with Crippen LogP contribution in [-0.2, 0) is 5.75 Å². The first-order valence-corrected chi connectivity index (χ1v) is 15.7. The molecule has 212 valence electrons. The van der Waals surface area contributed by atoms with Crippen molar-refractivity contribution < 1.29 is 4.79 Å². The zero-order chi connectivity index (χ0) is 28.7. The molecule has 8 nitrogen and oxygen atoms in total. The van der Waals surface area contributed by atoms with E-state index in [-0.39, 0.29) is 5.91 Å². The summed E-state index contributed by atoms with van der Waals surface area (Å²) in [5, 5.41) is 12.6. The van der Waals surface area contributed by atoms with E-state index in [1.54, 1.807) is 24.2 Å². The van der Waals surface area contributed by atoms with Gasteiger partial charge in [-0.2, -0.15) is 0 Å². The second-order valence-corrected chi connectivity index (χ2v) is 11.9. The first kappa shape index (κ1) is 28.0. The maximum Gasteiger partial charge on any atom is 0.273 e. The van der Waals surface area contributed by atoms with Gasteiger partial charge in [0.1, 0.15) is 10.7 Å². The molecule has 0 unspecified atom stereocenters. The summed E-state index contributed by atoms with van der Waals surface area (Å²) in [6.07, 6.45) is 7.89. The van der Waals surface area contributed by atoms with Crippen LogP contribution in [0.3, 0.4) is 0 Å². The minimum absolute atomic E-state index is 0.00363. The van der Waals surface area contributed by atoms with E-state index in [0.717, 1.165) is 52.4 Å². The average molecular weight is 594 g/mol. The summed E-state index contributed by atoms with van der Waals surface area (Å²) in [7, 11) is 0. The molecule has 6 rings (SSSR count). The van der Waals surface area contributed by atoms with Crippen molar-refractivity contribution in [1.82, 2.24) is 34.5 Å². The largest absolute Gasteiger partial charge is 0.335 e. The Labute approximate surface area is 253 Å². The highest BCUT2D eigenvalue weighted by Gasteiger charge is 2.24. The third-order valence-corrected chi connectivity index (χ3v) is 9.11. The van der Waals surface area contributed by atoms with Crippen LogP contribution in [0.5, 0.6) is 0 Å². The molecule has 0 radical (unpaired) electrons. The number of nitrogens with zero attached hydrogens (tertiary/aromatic N) is 7. The Morgan fingerprint density at radius 2 is 1.79 bits per heavy atom. The third-order valence-electron chi connectivity index (χ3n) is 7.14. The summed E-state index contributed by atoms with van der Waals surface area (Å²) in [5.41, 5.74) is 4.76. The molecule has 1 aliphatic rings. The topological polar surface area (TPSA) is 80.0 Å². The monoisotopic (exact) mass is 593 g/mol. The zero-order valence-electron chi connectivity index (χ0n) is 23.3. The molecule has 0 aliphatic carbocycles. The summed E-state index contributed by atoms with van der Waals surface area (Å²) < 4.78 is 2.07. The van der Waals surface area contributed by atoms with Gasteiger partial charge in [0, 0.05) is 56.1 Å². The van der Waals surface area contributed by atoms with Crippen LogP contribution in [-0.4, -0.2) is 73.2 Å². The van der Waals surface area contributed by atoms with Gasteiger partial charge in [0.05, 0.1) is 11.4 Å². The molecule has 42 heavy (non-hydrogen) atoms. The fraction of sp³-hybridized carbons (Fsp3) is 0.219. The van der Waals surface area contributed by atoms with Crippen LogP contribution in [0.4, 0.5) is 0 Å². The molecular weight excluding hydrogens is 563 g/mol.